The lowest BCUT2D eigenvalue weighted by molar-refractivity contribution is -0.137. The highest BCUT2D eigenvalue weighted by Crippen LogP contribution is 2.30. The molecule has 0 saturated heterocycles. The smallest absolute Gasteiger partial charge is 0.399 e. The Morgan fingerprint density at radius 2 is 1.46 bits per heavy atom. The lowest BCUT2D eigenvalue weighted by Crippen LogP contribution is -2.10. The molecule has 5 N–H and O–H groups in total. The largest absolute Gasteiger partial charge is 0.416 e. The molecule has 0 spiro atoms. The average molecular weight is 385 g/mol. The van der Waals surface area contributed by atoms with Crippen molar-refractivity contribution in [2.75, 3.05) is 5.73 Å². The van der Waals surface area contributed by atoms with E-state index >= 15 is 0 Å². The maximum atomic E-state index is 12.6. The molecular formula is C22H22F3N3. The number of anilines is 1. The number of hydrogen-bond acceptors (Lipinski definition) is 2. The van der Waals surface area contributed by atoms with Crippen LogP contribution in [0.4, 0.5) is 18.9 Å². The Kier molecular flexibility index (Phi) is 6.82. The summed E-state index contributed by atoms with van der Waals surface area (Å²) in [6.45, 7) is 1.97. The molecule has 0 aromatic heterocycles. The van der Waals surface area contributed by atoms with Crippen LogP contribution in [0.1, 0.15) is 27.8 Å². The van der Waals surface area contributed by atoms with Crippen molar-refractivity contribution < 1.29 is 13.2 Å². The number of halogens is 3. The SMILES string of the molecule is Cc1cccc(Cc2cccc(C(F)(F)F)c2)c1.N=C(N)c1ccc(N)cc1. The van der Waals surface area contributed by atoms with E-state index in [0.29, 0.717) is 23.2 Å². The summed E-state index contributed by atoms with van der Waals surface area (Å²) in [6, 6.07) is 20.2. The minimum absolute atomic E-state index is 0.0694. The second kappa shape index (κ2) is 9.08. The number of nitrogen functional groups attached to an aromatic ring is 2. The first-order valence-corrected chi connectivity index (χ1v) is 8.57. The monoisotopic (exact) mass is 385 g/mol. The number of amidine groups is 1. The number of rotatable bonds is 3. The summed E-state index contributed by atoms with van der Waals surface area (Å²) in [5.41, 5.74) is 14.2. The van der Waals surface area contributed by atoms with Gasteiger partial charge in [-0.25, -0.2) is 0 Å². The Morgan fingerprint density at radius 1 is 0.893 bits per heavy atom. The quantitative estimate of drug-likeness (QED) is 0.331. The molecule has 0 aliphatic rings. The molecule has 0 unspecified atom stereocenters. The van der Waals surface area contributed by atoms with E-state index in [1.807, 2.05) is 31.2 Å². The van der Waals surface area contributed by atoms with E-state index in [1.54, 1.807) is 30.3 Å². The molecule has 0 bridgehead atoms. The molecule has 3 aromatic carbocycles. The third-order valence-electron chi connectivity index (χ3n) is 3.97. The molecule has 0 amide bonds. The summed E-state index contributed by atoms with van der Waals surface area (Å²) in [7, 11) is 0. The standard InChI is InChI=1S/C15H13F3.C7H9N3/c1-11-4-2-5-12(8-11)9-13-6-3-7-14(10-13)15(16,17)18;8-6-3-1-5(2-4-6)7(9)10/h2-8,10H,9H2,1H3;1-4H,8H2,(H3,9,10). The van der Waals surface area contributed by atoms with Gasteiger partial charge in [0.2, 0.25) is 0 Å². The van der Waals surface area contributed by atoms with Gasteiger partial charge in [0, 0.05) is 11.3 Å². The normalized spacial score (nSPS) is 10.7. The van der Waals surface area contributed by atoms with Gasteiger partial charge in [-0.3, -0.25) is 5.41 Å². The summed E-state index contributed by atoms with van der Waals surface area (Å²) in [6.07, 6.45) is -3.76. The van der Waals surface area contributed by atoms with Crippen LogP contribution >= 0.6 is 0 Å². The first-order valence-electron chi connectivity index (χ1n) is 8.57. The highest BCUT2D eigenvalue weighted by Gasteiger charge is 2.30. The molecule has 3 nitrogen and oxygen atoms in total. The second-order valence-electron chi connectivity index (χ2n) is 6.40. The van der Waals surface area contributed by atoms with Gasteiger partial charge in [0.25, 0.3) is 0 Å². The van der Waals surface area contributed by atoms with E-state index in [0.717, 1.165) is 17.2 Å². The highest BCUT2D eigenvalue weighted by molar-refractivity contribution is 5.95. The fourth-order valence-electron chi connectivity index (χ4n) is 2.58. The average Bonchev–Trinajstić information content (AvgIpc) is 2.62. The van der Waals surface area contributed by atoms with E-state index in [4.69, 9.17) is 16.9 Å². The van der Waals surface area contributed by atoms with E-state index in [1.165, 1.54) is 12.1 Å². The van der Waals surface area contributed by atoms with Gasteiger partial charge >= 0.3 is 6.18 Å². The molecule has 0 aliphatic heterocycles. The Morgan fingerprint density at radius 3 is 2.00 bits per heavy atom. The van der Waals surface area contributed by atoms with Crippen molar-refractivity contribution in [1.82, 2.24) is 0 Å². The van der Waals surface area contributed by atoms with Crippen LogP contribution in [0.3, 0.4) is 0 Å². The summed E-state index contributed by atoms with van der Waals surface area (Å²) in [4.78, 5) is 0. The van der Waals surface area contributed by atoms with Gasteiger partial charge in [0.05, 0.1) is 5.56 Å². The van der Waals surface area contributed by atoms with Gasteiger partial charge in [0.15, 0.2) is 0 Å². The minimum atomic E-state index is -4.28. The maximum absolute atomic E-state index is 12.6. The van der Waals surface area contributed by atoms with Crippen molar-refractivity contribution in [3.8, 4) is 0 Å². The van der Waals surface area contributed by atoms with Crippen LogP contribution < -0.4 is 11.5 Å². The molecule has 3 rings (SSSR count). The number of aryl methyl sites for hydroxylation is 1. The Hall–Kier alpha value is -3.28. The fraction of sp³-hybridized carbons (Fsp3) is 0.136. The van der Waals surface area contributed by atoms with Gasteiger partial charge in [-0.05, 0) is 54.8 Å². The Balaban J connectivity index is 0.000000237. The Labute approximate surface area is 162 Å². The van der Waals surface area contributed by atoms with Crippen LogP contribution in [0.5, 0.6) is 0 Å². The lowest BCUT2D eigenvalue weighted by Gasteiger charge is -2.09. The van der Waals surface area contributed by atoms with Crippen molar-refractivity contribution >= 4 is 11.5 Å². The number of nitrogens with one attached hydrogen (secondary N) is 1. The molecule has 6 heteroatoms. The van der Waals surface area contributed by atoms with Gasteiger partial charge in [-0.1, -0.05) is 48.0 Å². The molecule has 0 fully saturated rings. The molecule has 3 aromatic rings. The topological polar surface area (TPSA) is 75.9 Å². The highest BCUT2D eigenvalue weighted by atomic mass is 19.4. The van der Waals surface area contributed by atoms with Crippen molar-refractivity contribution in [2.24, 2.45) is 5.73 Å². The molecular weight excluding hydrogens is 363 g/mol. The maximum Gasteiger partial charge on any atom is 0.416 e. The lowest BCUT2D eigenvalue weighted by atomic mass is 10.0. The molecule has 0 atom stereocenters. The van der Waals surface area contributed by atoms with Crippen LogP contribution in [0.25, 0.3) is 0 Å². The van der Waals surface area contributed by atoms with Crippen molar-refractivity contribution in [3.05, 3.63) is 101 Å². The first kappa shape index (κ1) is 21.0. The van der Waals surface area contributed by atoms with Crippen molar-refractivity contribution in [1.29, 1.82) is 5.41 Å². The van der Waals surface area contributed by atoms with Crippen LogP contribution in [-0.4, -0.2) is 5.84 Å². The van der Waals surface area contributed by atoms with E-state index in [-0.39, 0.29) is 5.84 Å². The van der Waals surface area contributed by atoms with Crippen LogP contribution in [0.15, 0.2) is 72.8 Å². The number of hydrogen-bond donors (Lipinski definition) is 3. The zero-order valence-electron chi connectivity index (χ0n) is 15.4. The molecule has 146 valence electrons. The fourth-order valence-corrected chi connectivity index (χ4v) is 2.58. The van der Waals surface area contributed by atoms with Gasteiger partial charge in [0.1, 0.15) is 5.84 Å². The molecule has 0 radical (unpaired) electrons. The van der Waals surface area contributed by atoms with Crippen molar-refractivity contribution in [2.45, 2.75) is 19.5 Å². The Bertz CT molecular complexity index is 932. The van der Waals surface area contributed by atoms with E-state index < -0.39 is 11.7 Å². The zero-order valence-corrected chi connectivity index (χ0v) is 15.4. The molecule has 0 heterocycles. The first-order chi connectivity index (χ1) is 13.1. The number of benzene rings is 3. The summed E-state index contributed by atoms with van der Waals surface area (Å²) in [5.74, 6) is 0.0694. The van der Waals surface area contributed by atoms with Crippen LogP contribution in [-0.2, 0) is 12.6 Å². The van der Waals surface area contributed by atoms with Gasteiger partial charge in [-0.15, -0.1) is 0 Å². The molecule has 0 aliphatic carbocycles. The zero-order chi connectivity index (χ0) is 20.7. The summed E-state index contributed by atoms with van der Waals surface area (Å²) >= 11 is 0. The van der Waals surface area contributed by atoms with E-state index in [9.17, 15) is 13.2 Å². The van der Waals surface area contributed by atoms with Crippen molar-refractivity contribution in [3.63, 3.8) is 0 Å². The number of alkyl halides is 3. The van der Waals surface area contributed by atoms with Gasteiger partial charge in [-0.2, -0.15) is 13.2 Å². The van der Waals surface area contributed by atoms with Crippen LogP contribution in [0.2, 0.25) is 0 Å². The number of nitrogens with two attached hydrogens (primary N) is 2. The molecule has 0 saturated carbocycles. The summed E-state index contributed by atoms with van der Waals surface area (Å²) < 4.78 is 37.7. The molecule has 28 heavy (non-hydrogen) atoms. The predicted molar refractivity (Wildman–Crippen MR) is 107 cm³/mol. The second-order valence-corrected chi connectivity index (χ2v) is 6.40. The summed E-state index contributed by atoms with van der Waals surface area (Å²) in [5, 5.41) is 7.04. The van der Waals surface area contributed by atoms with Crippen LogP contribution in [0, 0.1) is 12.3 Å². The predicted octanol–water partition coefficient (Wildman–Crippen LogP) is 5.16. The third kappa shape index (κ3) is 6.46. The third-order valence-corrected chi connectivity index (χ3v) is 3.97. The van der Waals surface area contributed by atoms with Gasteiger partial charge < -0.3 is 11.5 Å². The minimum Gasteiger partial charge on any atom is -0.399 e. The van der Waals surface area contributed by atoms with E-state index in [2.05, 4.69) is 0 Å².